The summed E-state index contributed by atoms with van der Waals surface area (Å²) in [7, 11) is 1.64. The van der Waals surface area contributed by atoms with Crippen LogP contribution in [0.4, 0.5) is 13.2 Å². The average molecular weight is 219 g/mol. The number of rotatable bonds is 0. The van der Waals surface area contributed by atoms with Gasteiger partial charge in [0, 0.05) is 18.9 Å². The summed E-state index contributed by atoms with van der Waals surface area (Å²) >= 11 is 0. The molecule has 0 saturated carbocycles. The fourth-order valence-electron chi connectivity index (χ4n) is 1.89. The zero-order chi connectivity index (χ0) is 12.0. The summed E-state index contributed by atoms with van der Waals surface area (Å²) in [6.07, 6.45) is -3.11. The van der Waals surface area contributed by atoms with Crippen molar-refractivity contribution in [2.45, 2.75) is 39.3 Å². The van der Waals surface area contributed by atoms with Gasteiger partial charge in [-0.1, -0.05) is 20.8 Å². The third kappa shape index (κ3) is 2.19. The van der Waals surface area contributed by atoms with Crippen molar-refractivity contribution < 1.29 is 13.2 Å². The fraction of sp³-hybridized carbons (Fsp3) is 0.636. The number of aromatic nitrogens is 1. The molecule has 15 heavy (non-hydrogen) atoms. The molecule has 0 N–H and O–H groups in total. The summed E-state index contributed by atoms with van der Waals surface area (Å²) in [5.41, 5.74) is 0.0539. The van der Waals surface area contributed by atoms with Crippen LogP contribution in [0.15, 0.2) is 6.20 Å². The Kier molecular flexibility index (Phi) is 2.66. The first kappa shape index (κ1) is 12.1. The predicted octanol–water partition coefficient (Wildman–Crippen LogP) is 3.65. The minimum atomic E-state index is -4.27. The van der Waals surface area contributed by atoms with Gasteiger partial charge in [-0.05, 0) is 17.9 Å². The highest BCUT2D eigenvalue weighted by Gasteiger charge is 2.39. The molecule has 0 saturated heterocycles. The molecule has 0 aliphatic carbocycles. The second-order valence-corrected chi connectivity index (χ2v) is 4.86. The third-order valence-electron chi connectivity index (χ3n) is 2.54. The maximum Gasteiger partial charge on any atom is 0.418 e. The van der Waals surface area contributed by atoms with Crippen LogP contribution in [0.3, 0.4) is 0 Å². The average Bonchev–Trinajstić information content (AvgIpc) is 2.25. The van der Waals surface area contributed by atoms with E-state index in [9.17, 15) is 13.2 Å². The first-order chi connectivity index (χ1) is 6.55. The van der Waals surface area contributed by atoms with Gasteiger partial charge in [0.1, 0.15) is 0 Å². The highest BCUT2D eigenvalue weighted by Crippen LogP contribution is 2.39. The van der Waals surface area contributed by atoms with Gasteiger partial charge in [-0.2, -0.15) is 13.2 Å². The van der Waals surface area contributed by atoms with Gasteiger partial charge in [0.15, 0.2) is 0 Å². The molecule has 0 aromatic carbocycles. The van der Waals surface area contributed by atoms with E-state index in [-0.39, 0.29) is 0 Å². The number of aryl methyl sites for hydroxylation is 1. The second kappa shape index (κ2) is 3.29. The minimum absolute atomic E-state index is 0.387. The quantitative estimate of drug-likeness (QED) is 0.627. The van der Waals surface area contributed by atoms with Crippen molar-refractivity contribution in [3.8, 4) is 0 Å². The Morgan fingerprint density at radius 3 is 1.87 bits per heavy atom. The molecule has 0 spiro atoms. The van der Waals surface area contributed by atoms with Gasteiger partial charge in [-0.3, -0.25) is 0 Å². The van der Waals surface area contributed by atoms with Crippen LogP contribution >= 0.6 is 0 Å². The Balaban J connectivity index is 3.48. The molecule has 0 aliphatic heterocycles. The van der Waals surface area contributed by atoms with Crippen LogP contribution in [-0.2, 0) is 18.6 Å². The molecule has 1 rings (SSSR count). The molecule has 1 heterocycles. The summed E-state index contributed by atoms with van der Waals surface area (Å²) in [6.45, 7) is 7.11. The summed E-state index contributed by atoms with van der Waals surface area (Å²) in [4.78, 5) is 0. The van der Waals surface area contributed by atoms with Crippen molar-refractivity contribution in [3.63, 3.8) is 0 Å². The summed E-state index contributed by atoms with van der Waals surface area (Å²) in [5.74, 6) is 0. The SMILES string of the molecule is Cc1c(C(C)(C)C)c(C(F)(F)F)cn1C. The zero-order valence-corrected chi connectivity index (χ0v) is 9.66. The molecule has 0 fully saturated rings. The van der Waals surface area contributed by atoms with Crippen LogP contribution in [0.2, 0.25) is 0 Å². The van der Waals surface area contributed by atoms with E-state index >= 15 is 0 Å². The summed E-state index contributed by atoms with van der Waals surface area (Å²) in [5, 5.41) is 0. The predicted molar refractivity (Wildman–Crippen MR) is 53.9 cm³/mol. The zero-order valence-electron chi connectivity index (χ0n) is 9.66. The van der Waals surface area contributed by atoms with Gasteiger partial charge in [-0.15, -0.1) is 0 Å². The lowest BCUT2D eigenvalue weighted by molar-refractivity contribution is -0.138. The Morgan fingerprint density at radius 1 is 1.13 bits per heavy atom. The van der Waals surface area contributed by atoms with E-state index in [2.05, 4.69) is 0 Å². The molecule has 4 heteroatoms. The van der Waals surface area contributed by atoms with Crippen LogP contribution in [0.5, 0.6) is 0 Å². The number of halogens is 3. The molecular formula is C11H16F3N. The van der Waals surface area contributed by atoms with Gasteiger partial charge in [0.2, 0.25) is 0 Å². The lowest BCUT2D eigenvalue weighted by Gasteiger charge is -2.22. The highest BCUT2D eigenvalue weighted by atomic mass is 19.4. The monoisotopic (exact) mass is 219 g/mol. The standard InChI is InChI=1S/C11H16F3N/c1-7-9(10(2,3)4)8(6-15(7)5)11(12,13)14/h6H,1-5H3. The second-order valence-electron chi connectivity index (χ2n) is 4.86. The molecule has 0 aliphatic rings. The summed E-state index contributed by atoms with van der Waals surface area (Å²) < 4.78 is 39.8. The summed E-state index contributed by atoms with van der Waals surface area (Å²) in [6, 6.07) is 0. The molecule has 0 unspecified atom stereocenters. The lowest BCUT2D eigenvalue weighted by atomic mass is 9.84. The third-order valence-corrected chi connectivity index (χ3v) is 2.54. The van der Waals surface area contributed by atoms with E-state index in [4.69, 9.17) is 0 Å². The van der Waals surface area contributed by atoms with E-state index in [0.717, 1.165) is 6.20 Å². The van der Waals surface area contributed by atoms with Gasteiger partial charge in [-0.25, -0.2) is 0 Å². The molecule has 1 aromatic rings. The van der Waals surface area contributed by atoms with Crippen LogP contribution < -0.4 is 0 Å². The van der Waals surface area contributed by atoms with E-state index in [1.54, 1.807) is 34.7 Å². The number of alkyl halides is 3. The first-order valence-corrected chi connectivity index (χ1v) is 4.78. The van der Waals surface area contributed by atoms with Crippen molar-refractivity contribution in [2.24, 2.45) is 7.05 Å². The Hall–Kier alpha value is -0.930. The van der Waals surface area contributed by atoms with Gasteiger partial charge in [0.05, 0.1) is 5.56 Å². The molecule has 0 bridgehead atoms. The maximum absolute atomic E-state index is 12.8. The molecule has 86 valence electrons. The molecule has 0 radical (unpaired) electrons. The lowest BCUT2D eigenvalue weighted by Crippen LogP contribution is -2.18. The largest absolute Gasteiger partial charge is 0.418 e. The number of hydrogen-bond donors (Lipinski definition) is 0. The van der Waals surface area contributed by atoms with Crippen molar-refractivity contribution in [2.75, 3.05) is 0 Å². The molecule has 0 atom stereocenters. The normalized spacial score (nSPS) is 13.3. The molecule has 0 amide bonds. The fourth-order valence-corrected chi connectivity index (χ4v) is 1.89. The Bertz CT molecular complexity index is 366. The minimum Gasteiger partial charge on any atom is -0.354 e. The van der Waals surface area contributed by atoms with Gasteiger partial charge < -0.3 is 4.57 Å². The van der Waals surface area contributed by atoms with Crippen LogP contribution in [0.25, 0.3) is 0 Å². The van der Waals surface area contributed by atoms with Crippen molar-refractivity contribution in [1.82, 2.24) is 4.57 Å². The topological polar surface area (TPSA) is 4.93 Å². The van der Waals surface area contributed by atoms with Crippen LogP contribution in [-0.4, -0.2) is 4.57 Å². The van der Waals surface area contributed by atoms with Gasteiger partial charge >= 0.3 is 6.18 Å². The van der Waals surface area contributed by atoms with E-state index in [1.165, 1.54) is 4.57 Å². The molecule has 1 nitrogen and oxygen atoms in total. The molecule has 1 aromatic heterocycles. The van der Waals surface area contributed by atoms with Crippen molar-refractivity contribution in [1.29, 1.82) is 0 Å². The van der Waals surface area contributed by atoms with Crippen molar-refractivity contribution in [3.05, 3.63) is 23.0 Å². The van der Waals surface area contributed by atoms with Crippen LogP contribution in [0.1, 0.15) is 37.6 Å². The smallest absolute Gasteiger partial charge is 0.354 e. The van der Waals surface area contributed by atoms with Crippen LogP contribution in [0, 0.1) is 6.92 Å². The Morgan fingerprint density at radius 2 is 1.60 bits per heavy atom. The van der Waals surface area contributed by atoms with E-state index < -0.39 is 17.2 Å². The number of nitrogens with zero attached hydrogens (tertiary/aromatic N) is 1. The van der Waals surface area contributed by atoms with E-state index in [0.29, 0.717) is 11.3 Å². The first-order valence-electron chi connectivity index (χ1n) is 4.78. The van der Waals surface area contributed by atoms with Crippen molar-refractivity contribution >= 4 is 0 Å². The van der Waals surface area contributed by atoms with Gasteiger partial charge in [0.25, 0.3) is 0 Å². The van der Waals surface area contributed by atoms with E-state index in [1.807, 2.05) is 0 Å². The maximum atomic E-state index is 12.8. The number of hydrogen-bond acceptors (Lipinski definition) is 0. The molecular weight excluding hydrogens is 203 g/mol. The Labute approximate surface area is 87.9 Å². The highest BCUT2D eigenvalue weighted by molar-refractivity contribution is 5.39.